The molecule has 0 aliphatic carbocycles. The number of nitrogens with zero attached hydrogens (tertiary/aromatic N) is 1. The van der Waals surface area contributed by atoms with Gasteiger partial charge in [-0.15, -0.1) is 0 Å². The third kappa shape index (κ3) is 3.68. The number of amidine groups is 1. The summed E-state index contributed by atoms with van der Waals surface area (Å²) in [5.41, 5.74) is 4.49. The first kappa shape index (κ1) is 18.4. The Kier molecular flexibility index (Phi) is 5.21. The molecule has 1 aromatic heterocycles. The predicted octanol–water partition coefficient (Wildman–Crippen LogP) is 4.73. The van der Waals surface area contributed by atoms with E-state index in [0.29, 0.717) is 10.9 Å². The van der Waals surface area contributed by atoms with Crippen LogP contribution in [0.2, 0.25) is 0 Å². The zero-order valence-corrected chi connectivity index (χ0v) is 16.5. The number of ether oxygens (including phenoxy) is 1. The molecule has 0 saturated heterocycles. The van der Waals surface area contributed by atoms with Gasteiger partial charge in [0.1, 0.15) is 11.3 Å². The summed E-state index contributed by atoms with van der Waals surface area (Å²) < 4.78 is 11.3. The number of hydrogen-bond acceptors (Lipinski definition) is 5. The standard InChI is InChI=1S/C22H20N2O3S/c1-14(10-21(25)24-22-23-8-9-28-22)16-11-17-18(15-6-4-3-5-7-15)13-27-20(17)12-19(16)26-2/h3-7,10-13H,8-9H2,1-2H3,(H,23,24,25)/b14-10+. The topological polar surface area (TPSA) is 63.8 Å². The Morgan fingerprint density at radius 1 is 1.29 bits per heavy atom. The number of rotatable bonds is 4. The number of thioether (sulfide) groups is 1. The van der Waals surface area contributed by atoms with E-state index < -0.39 is 0 Å². The number of fused-ring (bicyclic) bond motifs is 1. The number of carbonyl (C=O) groups excluding carboxylic acids is 1. The van der Waals surface area contributed by atoms with Crippen LogP contribution in [0, 0.1) is 0 Å². The molecule has 2 aromatic carbocycles. The van der Waals surface area contributed by atoms with Crippen molar-refractivity contribution in [1.29, 1.82) is 0 Å². The van der Waals surface area contributed by atoms with Crippen LogP contribution in [-0.4, -0.2) is 30.5 Å². The van der Waals surface area contributed by atoms with Crippen molar-refractivity contribution in [2.24, 2.45) is 4.99 Å². The van der Waals surface area contributed by atoms with E-state index in [2.05, 4.69) is 10.3 Å². The minimum absolute atomic E-state index is 0.191. The molecule has 28 heavy (non-hydrogen) atoms. The summed E-state index contributed by atoms with van der Waals surface area (Å²) in [5.74, 6) is 1.38. The Bertz CT molecular complexity index is 1080. The SMILES string of the molecule is COc1cc2occ(-c3ccccc3)c2cc1/C(C)=C/C(=O)NC1=NCCS1. The number of allylic oxidation sites excluding steroid dienone is 1. The zero-order chi connectivity index (χ0) is 19.5. The maximum Gasteiger partial charge on any atom is 0.250 e. The Hall–Kier alpha value is -2.99. The lowest BCUT2D eigenvalue weighted by Crippen LogP contribution is -2.25. The highest BCUT2D eigenvalue weighted by molar-refractivity contribution is 8.14. The molecule has 0 saturated carbocycles. The Morgan fingerprint density at radius 2 is 2.11 bits per heavy atom. The van der Waals surface area contributed by atoms with Crippen LogP contribution in [0.1, 0.15) is 12.5 Å². The van der Waals surface area contributed by atoms with Crippen LogP contribution >= 0.6 is 11.8 Å². The summed E-state index contributed by atoms with van der Waals surface area (Å²) in [6.45, 7) is 2.64. The van der Waals surface area contributed by atoms with Crippen LogP contribution < -0.4 is 10.1 Å². The second kappa shape index (κ2) is 7.94. The summed E-state index contributed by atoms with van der Waals surface area (Å²) in [6, 6.07) is 14.0. The molecule has 5 nitrogen and oxygen atoms in total. The lowest BCUT2D eigenvalue weighted by molar-refractivity contribution is -0.115. The molecule has 3 aromatic rings. The Labute approximate surface area is 167 Å². The van der Waals surface area contributed by atoms with Crippen molar-refractivity contribution in [2.75, 3.05) is 19.4 Å². The molecule has 0 spiro atoms. The number of methoxy groups -OCH3 is 1. The Balaban J connectivity index is 1.72. The van der Waals surface area contributed by atoms with Crippen molar-refractivity contribution in [1.82, 2.24) is 5.32 Å². The summed E-state index contributed by atoms with van der Waals surface area (Å²) in [7, 11) is 1.61. The smallest absolute Gasteiger partial charge is 0.250 e. The van der Waals surface area contributed by atoms with Gasteiger partial charge in [0, 0.05) is 34.4 Å². The maximum atomic E-state index is 12.3. The van der Waals surface area contributed by atoms with Gasteiger partial charge in [-0.2, -0.15) is 0 Å². The lowest BCUT2D eigenvalue weighted by atomic mass is 9.99. The minimum Gasteiger partial charge on any atom is -0.496 e. The highest BCUT2D eigenvalue weighted by Crippen LogP contribution is 2.37. The molecule has 1 amide bonds. The number of amides is 1. The predicted molar refractivity (Wildman–Crippen MR) is 115 cm³/mol. The van der Waals surface area contributed by atoms with Gasteiger partial charge in [-0.05, 0) is 24.1 Å². The summed E-state index contributed by atoms with van der Waals surface area (Å²) >= 11 is 1.56. The molecular formula is C22H20N2O3S. The monoisotopic (exact) mass is 392 g/mol. The van der Waals surface area contributed by atoms with Crippen molar-refractivity contribution in [2.45, 2.75) is 6.92 Å². The van der Waals surface area contributed by atoms with E-state index in [0.717, 1.165) is 45.5 Å². The van der Waals surface area contributed by atoms with Crippen LogP contribution in [0.5, 0.6) is 5.75 Å². The van der Waals surface area contributed by atoms with Gasteiger partial charge in [-0.1, -0.05) is 42.1 Å². The first-order chi connectivity index (χ1) is 13.7. The van der Waals surface area contributed by atoms with E-state index in [1.807, 2.05) is 49.4 Å². The van der Waals surface area contributed by atoms with E-state index in [-0.39, 0.29) is 5.91 Å². The van der Waals surface area contributed by atoms with E-state index >= 15 is 0 Å². The van der Waals surface area contributed by atoms with Gasteiger partial charge < -0.3 is 14.5 Å². The van der Waals surface area contributed by atoms with Crippen LogP contribution in [0.25, 0.3) is 27.7 Å². The van der Waals surface area contributed by atoms with Crippen molar-refractivity contribution >= 4 is 39.4 Å². The third-order valence-electron chi connectivity index (χ3n) is 4.57. The molecule has 142 valence electrons. The third-order valence-corrected chi connectivity index (χ3v) is 5.46. The fourth-order valence-corrected chi connectivity index (χ4v) is 3.93. The number of benzene rings is 2. The van der Waals surface area contributed by atoms with Crippen LogP contribution in [0.4, 0.5) is 0 Å². The highest BCUT2D eigenvalue weighted by Gasteiger charge is 2.15. The molecule has 6 heteroatoms. The van der Waals surface area contributed by atoms with Crippen molar-refractivity contribution in [3.63, 3.8) is 0 Å². The summed E-state index contributed by atoms with van der Waals surface area (Å²) in [5, 5.41) is 4.48. The van der Waals surface area contributed by atoms with E-state index in [9.17, 15) is 4.79 Å². The molecule has 4 rings (SSSR count). The van der Waals surface area contributed by atoms with Gasteiger partial charge in [0.2, 0.25) is 5.91 Å². The van der Waals surface area contributed by atoms with Gasteiger partial charge in [-0.25, -0.2) is 0 Å². The molecule has 1 aliphatic rings. The number of furan rings is 1. The lowest BCUT2D eigenvalue weighted by Gasteiger charge is -2.10. The van der Waals surface area contributed by atoms with Gasteiger partial charge in [0.25, 0.3) is 0 Å². The van der Waals surface area contributed by atoms with Crippen molar-refractivity contribution in [3.05, 3.63) is 60.4 Å². The molecule has 1 aliphatic heterocycles. The van der Waals surface area contributed by atoms with E-state index in [4.69, 9.17) is 9.15 Å². The fraction of sp³-hybridized carbons (Fsp3) is 0.182. The molecule has 0 atom stereocenters. The largest absolute Gasteiger partial charge is 0.496 e. The van der Waals surface area contributed by atoms with Crippen molar-refractivity contribution in [3.8, 4) is 16.9 Å². The summed E-state index contributed by atoms with van der Waals surface area (Å²) in [4.78, 5) is 16.6. The fourth-order valence-electron chi connectivity index (χ4n) is 3.20. The molecule has 0 unspecified atom stereocenters. The quantitative estimate of drug-likeness (QED) is 0.652. The van der Waals surface area contributed by atoms with Crippen LogP contribution in [-0.2, 0) is 4.79 Å². The molecule has 1 N–H and O–H groups in total. The van der Waals surface area contributed by atoms with Gasteiger partial charge in [0.05, 0.1) is 19.9 Å². The minimum atomic E-state index is -0.191. The van der Waals surface area contributed by atoms with Crippen molar-refractivity contribution < 1.29 is 13.9 Å². The molecule has 0 bridgehead atoms. The van der Waals surface area contributed by atoms with E-state index in [1.54, 1.807) is 31.2 Å². The van der Waals surface area contributed by atoms with Gasteiger partial charge in [0.15, 0.2) is 5.17 Å². The molecule has 0 fully saturated rings. The first-order valence-electron chi connectivity index (χ1n) is 8.97. The van der Waals surface area contributed by atoms with E-state index in [1.165, 1.54) is 0 Å². The number of carbonyl (C=O) groups is 1. The first-order valence-corrected chi connectivity index (χ1v) is 9.96. The zero-order valence-electron chi connectivity index (χ0n) is 15.7. The molecule has 2 heterocycles. The molecule has 0 radical (unpaired) electrons. The second-order valence-corrected chi connectivity index (χ2v) is 7.50. The Morgan fingerprint density at radius 3 is 2.82 bits per heavy atom. The number of hydrogen-bond donors (Lipinski definition) is 1. The maximum absolute atomic E-state index is 12.3. The highest BCUT2D eigenvalue weighted by atomic mass is 32.2. The number of nitrogens with one attached hydrogen (secondary N) is 1. The average molecular weight is 392 g/mol. The second-order valence-electron chi connectivity index (χ2n) is 6.42. The van der Waals surface area contributed by atoms with Crippen LogP contribution in [0.3, 0.4) is 0 Å². The molecular weight excluding hydrogens is 372 g/mol. The van der Waals surface area contributed by atoms with Gasteiger partial charge >= 0.3 is 0 Å². The number of aliphatic imine (C=N–C) groups is 1. The summed E-state index contributed by atoms with van der Waals surface area (Å²) in [6.07, 6.45) is 3.33. The van der Waals surface area contributed by atoms with Gasteiger partial charge in [-0.3, -0.25) is 9.79 Å². The average Bonchev–Trinajstić information content (AvgIpc) is 3.36. The van der Waals surface area contributed by atoms with Crippen LogP contribution in [0.15, 0.2) is 64.2 Å². The normalized spacial score (nSPS) is 14.2.